The van der Waals surface area contributed by atoms with E-state index in [1.807, 2.05) is 12.1 Å². The van der Waals surface area contributed by atoms with E-state index >= 15 is 0 Å². The van der Waals surface area contributed by atoms with Crippen molar-refractivity contribution < 1.29 is 4.39 Å². The molecule has 1 nitrogen and oxygen atoms in total. The van der Waals surface area contributed by atoms with Gasteiger partial charge in [0.15, 0.2) is 0 Å². The summed E-state index contributed by atoms with van der Waals surface area (Å²) in [4.78, 5) is 2.32. The number of nitrogens with zero attached hydrogens (tertiary/aromatic N) is 1. The average molecular weight is 770 g/mol. The number of anilines is 3. The molecule has 0 aromatic heterocycles. The fourth-order valence-electron chi connectivity index (χ4n) is 8.40. The van der Waals surface area contributed by atoms with Crippen molar-refractivity contribution in [1.29, 1.82) is 0 Å². The molecule has 0 saturated carbocycles. The molecule has 60 heavy (non-hydrogen) atoms. The highest BCUT2D eigenvalue weighted by Crippen LogP contribution is 2.41. The highest BCUT2D eigenvalue weighted by Gasteiger charge is 2.16. The average Bonchev–Trinajstić information content (AvgIpc) is 3.33. The van der Waals surface area contributed by atoms with Gasteiger partial charge in [0.05, 0.1) is 0 Å². The zero-order chi connectivity index (χ0) is 40.3. The Morgan fingerprint density at radius 3 is 1.15 bits per heavy atom. The highest BCUT2D eigenvalue weighted by atomic mass is 19.1. The Labute approximate surface area is 350 Å². The summed E-state index contributed by atoms with van der Waals surface area (Å²) in [7, 11) is 0. The third-order valence-electron chi connectivity index (χ3n) is 11.4. The molecule has 0 bridgehead atoms. The first-order chi connectivity index (χ1) is 29.7. The molecule has 10 rings (SSSR count). The second kappa shape index (κ2) is 16.2. The maximum Gasteiger partial charge on any atom is 0.123 e. The van der Waals surface area contributed by atoms with Gasteiger partial charge in [0.1, 0.15) is 5.82 Å². The topological polar surface area (TPSA) is 3.24 Å². The monoisotopic (exact) mass is 769 g/mol. The molecule has 0 saturated heterocycles. The minimum absolute atomic E-state index is 0.237. The van der Waals surface area contributed by atoms with Gasteiger partial charge in [0.25, 0.3) is 0 Å². The molecule has 284 valence electrons. The van der Waals surface area contributed by atoms with Crippen molar-refractivity contribution in [3.05, 3.63) is 248 Å². The van der Waals surface area contributed by atoms with Gasteiger partial charge in [-0.15, -0.1) is 0 Å². The number of halogens is 1. The fraction of sp³-hybridized carbons (Fsp3) is 0. The van der Waals surface area contributed by atoms with Crippen LogP contribution < -0.4 is 4.90 Å². The van der Waals surface area contributed by atoms with E-state index in [0.29, 0.717) is 0 Å². The summed E-state index contributed by atoms with van der Waals surface area (Å²) in [5.74, 6) is -0.237. The molecule has 0 N–H and O–H groups in total. The van der Waals surface area contributed by atoms with Crippen LogP contribution in [0, 0.1) is 5.82 Å². The Morgan fingerprint density at radius 1 is 0.250 bits per heavy atom. The van der Waals surface area contributed by atoms with Crippen LogP contribution in [0.4, 0.5) is 21.5 Å². The Bertz CT molecular complexity index is 3040. The quantitative estimate of drug-likeness (QED) is 0.141. The van der Waals surface area contributed by atoms with Gasteiger partial charge < -0.3 is 4.90 Å². The van der Waals surface area contributed by atoms with Gasteiger partial charge in [-0.3, -0.25) is 0 Å². The van der Waals surface area contributed by atoms with Gasteiger partial charge in [-0.2, -0.15) is 0 Å². The van der Waals surface area contributed by atoms with Gasteiger partial charge in [-0.25, -0.2) is 4.39 Å². The number of hydrogen-bond acceptors (Lipinski definition) is 1. The van der Waals surface area contributed by atoms with Crippen LogP contribution in [0.25, 0.3) is 77.5 Å². The summed E-state index contributed by atoms with van der Waals surface area (Å²) in [5, 5.41) is 2.29. The molecule has 0 aliphatic carbocycles. The molecule has 0 amide bonds. The summed E-state index contributed by atoms with van der Waals surface area (Å²) >= 11 is 0. The fourth-order valence-corrected chi connectivity index (χ4v) is 8.40. The van der Waals surface area contributed by atoms with Crippen molar-refractivity contribution in [3.63, 3.8) is 0 Å². The van der Waals surface area contributed by atoms with E-state index in [4.69, 9.17) is 0 Å². The second-order valence-electron chi connectivity index (χ2n) is 15.1. The number of fused-ring (bicyclic) bond motifs is 1. The number of rotatable bonds is 9. The minimum Gasteiger partial charge on any atom is -0.311 e. The second-order valence-corrected chi connectivity index (χ2v) is 15.1. The summed E-state index contributed by atoms with van der Waals surface area (Å²) < 4.78 is 13.9. The molecule has 10 aromatic carbocycles. The summed E-state index contributed by atoms with van der Waals surface area (Å²) in [5.41, 5.74) is 17.0. The highest BCUT2D eigenvalue weighted by molar-refractivity contribution is 6.06. The normalized spacial score (nSPS) is 11.1. The molecule has 0 heterocycles. The van der Waals surface area contributed by atoms with E-state index in [0.717, 1.165) is 55.7 Å². The van der Waals surface area contributed by atoms with E-state index in [1.165, 1.54) is 51.1 Å². The van der Waals surface area contributed by atoms with Crippen LogP contribution in [-0.2, 0) is 0 Å². The lowest BCUT2D eigenvalue weighted by Crippen LogP contribution is -2.09. The number of benzene rings is 10. The van der Waals surface area contributed by atoms with Crippen LogP contribution in [0.3, 0.4) is 0 Å². The van der Waals surface area contributed by atoms with Crippen LogP contribution in [0.15, 0.2) is 243 Å². The minimum atomic E-state index is -0.237. The Morgan fingerprint density at radius 2 is 0.600 bits per heavy atom. The van der Waals surface area contributed by atoms with E-state index < -0.39 is 0 Å². The van der Waals surface area contributed by atoms with E-state index in [9.17, 15) is 4.39 Å². The van der Waals surface area contributed by atoms with Crippen LogP contribution in [0.1, 0.15) is 0 Å². The summed E-state index contributed by atoms with van der Waals surface area (Å²) in [6.07, 6.45) is 0. The van der Waals surface area contributed by atoms with Crippen LogP contribution in [0.2, 0.25) is 0 Å². The third kappa shape index (κ3) is 7.28. The van der Waals surface area contributed by atoms with Crippen LogP contribution in [0.5, 0.6) is 0 Å². The number of hydrogen-bond donors (Lipinski definition) is 0. The molecule has 0 atom stereocenters. The molecule has 2 heteroatoms. The van der Waals surface area contributed by atoms with Gasteiger partial charge in [0.2, 0.25) is 0 Å². The standard InChI is InChI=1S/C58H40FN/c59-50-32-24-45(25-33-50)56-22-10-16-47-17-11-23-57(58(47)56)46-30-38-53(39-31-46)60(51-34-26-42(27-35-51)41-12-3-1-4-13-41)52-36-28-43(29-37-52)48-18-9-19-49(40-48)55-21-8-7-20-54(55)44-14-5-2-6-15-44/h1-40H. The molecule has 0 unspecified atom stereocenters. The third-order valence-corrected chi connectivity index (χ3v) is 11.4. The van der Waals surface area contributed by atoms with Gasteiger partial charge in [-0.05, 0) is 132 Å². The van der Waals surface area contributed by atoms with Crippen LogP contribution in [-0.4, -0.2) is 0 Å². The van der Waals surface area contributed by atoms with Crippen molar-refractivity contribution in [2.75, 3.05) is 4.90 Å². The van der Waals surface area contributed by atoms with Crippen molar-refractivity contribution in [3.8, 4) is 66.8 Å². The summed E-state index contributed by atoms with van der Waals surface area (Å²) in [6.45, 7) is 0. The molecular formula is C58H40FN. The van der Waals surface area contributed by atoms with Gasteiger partial charge in [0, 0.05) is 17.1 Å². The molecule has 0 aliphatic rings. The first kappa shape index (κ1) is 36.5. The Kier molecular flexibility index (Phi) is 9.87. The Balaban J connectivity index is 1.02. The zero-order valence-electron chi connectivity index (χ0n) is 32.9. The Hall–Kier alpha value is -7.81. The molecular weight excluding hydrogens is 730 g/mol. The van der Waals surface area contributed by atoms with Gasteiger partial charge in [-0.1, -0.05) is 188 Å². The summed E-state index contributed by atoms with van der Waals surface area (Å²) in [6, 6.07) is 84.7. The van der Waals surface area contributed by atoms with Crippen molar-refractivity contribution in [2.45, 2.75) is 0 Å². The maximum absolute atomic E-state index is 13.9. The predicted octanol–water partition coefficient (Wildman–Crippen LogP) is 16.5. The first-order valence-corrected chi connectivity index (χ1v) is 20.4. The van der Waals surface area contributed by atoms with Crippen LogP contribution >= 0.6 is 0 Å². The van der Waals surface area contributed by atoms with Gasteiger partial charge >= 0.3 is 0 Å². The van der Waals surface area contributed by atoms with Crippen molar-refractivity contribution in [1.82, 2.24) is 0 Å². The largest absolute Gasteiger partial charge is 0.311 e. The lowest BCUT2D eigenvalue weighted by Gasteiger charge is -2.26. The smallest absolute Gasteiger partial charge is 0.123 e. The first-order valence-electron chi connectivity index (χ1n) is 20.4. The van der Waals surface area contributed by atoms with Crippen molar-refractivity contribution >= 4 is 27.8 Å². The molecule has 0 radical (unpaired) electrons. The molecule has 0 fully saturated rings. The maximum atomic E-state index is 13.9. The zero-order valence-corrected chi connectivity index (χ0v) is 32.9. The predicted molar refractivity (Wildman–Crippen MR) is 251 cm³/mol. The van der Waals surface area contributed by atoms with Crippen molar-refractivity contribution in [2.24, 2.45) is 0 Å². The molecule has 0 spiro atoms. The van der Waals surface area contributed by atoms with E-state index in [-0.39, 0.29) is 5.82 Å². The SMILES string of the molecule is Fc1ccc(-c2cccc3cccc(-c4ccc(N(c5ccc(-c6ccccc6)cc5)c5ccc(-c6cccc(-c7ccccc7-c7ccccc7)c6)cc5)cc4)c23)cc1. The molecule has 10 aromatic rings. The van der Waals surface area contributed by atoms with E-state index in [2.05, 4.69) is 223 Å². The lowest BCUT2D eigenvalue weighted by atomic mass is 9.91. The molecule has 0 aliphatic heterocycles. The lowest BCUT2D eigenvalue weighted by molar-refractivity contribution is 0.628. The van der Waals surface area contributed by atoms with E-state index in [1.54, 1.807) is 0 Å².